The molecule has 0 radical (unpaired) electrons. The molecule has 0 fully saturated rings. The molecule has 0 amide bonds. The molecule has 4 rings (SSSR count). The first-order valence-corrected chi connectivity index (χ1v) is 15.1. The van der Waals surface area contributed by atoms with Crippen molar-refractivity contribution in [1.82, 2.24) is 9.97 Å². The Kier molecular flexibility index (Phi) is 14.5. The molecule has 13 heteroatoms. The van der Waals surface area contributed by atoms with Gasteiger partial charge in [-0.3, -0.25) is 4.98 Å². The number of esters is 1. The minimum Gasteiger partial charge on any atom is -0.465 e. The van der Waals surface area contributed by atoms with E-state index < -0.39 is 5.97 Å². The standard InChI is InChI=1S/C32H40ClN5O7/c1-40-32(39)23-2-3-27-29-22-35-6-4-28(29)31(38-30(27)18-23)37-26-20-24(33)19-25(21-26)36-7-9-42-11-13-44-15-17-45-16-14-43-12-10-41-8-5-34/h2-4,6,18-22,36H,5,7-17,34H2,1H3,(H,37,38). The van der Waals surface area contributed by atoms with E-state index in [2.05, 4.69) is 15.6 Å². The molecule has 0 atom stereocenters. The van der Waals surface area contributed by atoms with Gasteiger partial charge in [0.15, 0.2) is 0 Å². The fraction of sp³-hybridized carbons (Fsp3) is 0.406. The summed E-state index contributed by atoms with van der Waals surface area (Å²) in [5.41, 5.74) is 7.98. The Balaban J connectivity index is 1.19. The fourth-order valence-electron chi connectivity index (χ4n) is 4.42. The van der Waals surface area contributed by atoms with Crippen LogP contribution in [0.1, 0.15) is 10.4 Å². The highest BCUT2D eigenvalue weighted by molar-refractivity contribution is 6.31. The zero-order valence-corrected chi connectivity index (χ0v) is 26.1. The minimum atomic E-state index is -0.425. The molecule has 0 saturated heterocycles. The van der Waals surface area contributed by atoms with Crippen LogP contribution < -0.4 is 16.4 Å². The maximum atomic E-state index is 12.1. The van der Waals surface area contributed by atoms with E-state index in [1.807, 2.05) is 30.3 Å². The van der Waals surface area contributed by atoms with Crippen LogP contribution in [0.5, 0.6) is 0 Å². The minimum absolute atomic E-state index is 0.419. The van der Waals surface area contributed by atoms with Gasteiger partial charge in [0.05, 0.1) is 84.3 Å². The molecule has 2 aromatic heterocycles. The van der Waals surface area contributed by atoms with Crippen LogP contribution in [-0.4, -0.2) is 102 Å². The van der Waals surface area contributed by atoms with Gasteiger partial charge in [0.1, 0.15) is 5.82 Å². The van der Waals surface area contributed by atoms with Gasteiger partial charge in [0, 0.05) is 58.0 Å². The van der Waals surface area contributed by atoms with E-state index >= 15 is 0 Å². The van der Waals surface area contributed by atoms with Crippen molar-refractivity contribution < 1.29 is 33.2 Å². The van der Waals surface area contributed by atoms with E-state index in [0.29, 0.717) is 101 Å². The summed E-state index contributed by atoms with van der Waals surface area (Å²) in [5.74, 6) is 0.187. The molecule has 0 aliphatic heterocycles. The van der Waals surface area contributed by atoms with Gasteiger partial charge >= 0.3 is 5.97 Å². The van der Waals surface area contributed by atoms with Gasteiger partial charge in [-0.25, -0.2) is 9.78 Å². The summed E-state index contributed by atoms with van der Waals surface area (Å²) in [6, 6.07) is 12.8. The summed E-state index contributed by atoms with van der Waals surface area (Å²) >= 11 is 6.45. The number of fused-ring (bicyclic) bond motifs is 3. The third-order valence-electron chi connectivity index (χ3n) is 6.50. The first-order valence-electron chi connectivity index (χ1n) is 14.7. The topological polar surface area (TPSA) is 148 Å². The van der Waals surface area contributed by atoms with Crippen LogP contribution in [0.4, 0.5) is 17.2 Å². The number of carbonyl (C=O) groups excluding carboxylic acids is 1. The summed E-state index contributed by atoms with van der Waals surface area (Å²) in [6.45, 7) is 6.16. The molecule has 0 aliphatic rings. The van der Waals surface area contributed by atoms with Crippen molar-refractivity contribution in [2.45, 2.75) is 0 Å². The van der Waals surface area contributed by atoms with E-state index in [4.69, 9.17) is 50.7 Å². The van der Waals surface area contributed by atoms with Crippen LogP contribution in [0.2, 0.25) is 5.02 Å². The number of anilines is 3. The van der Waals surface area contributed by atoms with Crippen molar-refractivity contribution in [3.8, 4) is 0 Å². The summed E-state index contributed by atoms with van der Waals surface area (Å²) in [7, 11) is 1.35. The van der Waals surface area contributed by atoms with Crippen LogP contribution in [0.3, 0.4) is 0 Å². The molecule has 242 valence electrons. The van der Waals surface area contributed by atoms with Gasteiger partial charge in [-0.1, -0.05) is 17.7 Å². The van der Waals surface area contributed by atoms with Crippen LogP contribution >= 0.6 is 11.6 Å². The molecule has 2 heterocycles. The number of aromatic nitrogens is 2. The fourth-order valence-corrected chi connectivity index (χ4v) is 4.66. The Morgan fingerprint density at radius 2 is 1.42 bits per heavy atom. The first kappa shape index (κ1) is 34.3. The number of nitrogens with one attached hydrogen (secondary N) is 2. The summed E-state index contributed by atoms with van der Waals surface area (Å²) in [4.78, 5) is 21.2. The van der Waals surface area contributed by atoms with E-state index in [1.54, 1.807) is 24.5 Å². The molecule has 0 aliphatic carbocycles. The Morgan fingerprint density at radius 1 is 0.778 bits per heavy atom. The van der Waals surface area contributed by atoms with E-state index in [9.17, 15) is 4.79 Å². The number of hydrogen-bond donors (Lipinski definition) is 3. The number of halogens is 1. The van der Waals surface area contributed by atoms with Crippen molar-refractivity contribution in [3.63, 3.8) is 0 Å². The SMILES string of the molecule is COC(=O)c1ccc2c(c1)nc(Nc1cc(Cl)cc(NCCOCCOCCOCCOCCOCCN)c1)c1ccncc12. The Labute approximate surface area is 267 Å². The molecule has 4 N–H and O–H groups in total. The van der Waals surface area contributed by atoms with Crippen molar-refractivity contribution in [3.05, 3.63) is 65.4 Å². The Bertz CT molecular complexity index is 1510. The van der Waals surface area contributed by atoms with Crippen LogP contribution in [0.25, 0.3) is 21.7 Å². The van der Waals surface area contributed by atoms with Crippen LogP contribution in [0.15, 0.2) is 54.9 Å². The third kappa shape index (κ3) is 11.0. The molecule has 2 aromatic carbocycles. The largest absolute Gasteiger partial charge is 0.465 e. The lowest BCUT2D eigenvalue weighted by Crippen LogP contribution is -2.15. The predicted molar refractivity (Wildman–Crippen MR) is 175 cm³/mol. The number of hydrogen-bond acceptors (Lipinski definition) is 12. The van der Waals surface area contributed by atoms with Gasteiger partial charge in [-0.15, -0.1) is 0 Å². The molecule has 0 bridgehead atoms. The summed E-state index contributed by atoms with van der Waals surface area (Å²) < 4.78 is 32.2. The normalized spacial score (nSPS) is 11.3. The number of carbonyl (C=O) groups is 1. The second kappa shape index (κ2) is 19.0. The number of nitrogens with zero attached hydrogens (tertiary/aromatic N) is 2. The van der Waals surface area contributed by atoms with Crippen molar-refractivity contribution >= 4 is 56.4 Å². The zero-order valence-electron chi connectivity index (χ0n) is 25.4. The molecule has 4 aromatic rings. The quantitative estimate of drug-likeness (QED) is 0.0672. The number of benzene rings is 2. The highest BCUT2D eigenvalue weighted by atomic mass is 35.5. The average Bonchev–Trinajstić information content (AvgIpc) is 3.05. The molecular formula is C32H40ClN5O7. The smallest absolute Gasteiger partial charge is 0.337 e. The monoisotopic (exact) mass is 641 g/mol. The molecule has 12 nitrogen and oxygen atoms in total. The highest BCUT2D eigenvalue weighted by Crippen LogP contribution is 2.32. The van der Waals surface area contributed by atoms with Crippen molar-refractivity contribution in [2.24, 2.45) is 5.73 Å². The number of methoxy groups -OCH3 is 1. The highest BCUT2D eigenvalue weighted by Gasteiger charge is 2.13. The predicted octanol–water partition coefficient (Wildman–Crippen LogP) is 4.42. The van der Waals surface area contributed by atoms with Crippen molar-refractivity contribution in [2.75, 3.05) is 96.9 Å². The van der Waals surface area contributed by atoms with Gasteiger partial charge in [-0.2, -0.15) is 0 Å². The lowest BCUT2D eigenvalue weighted by atomic mass is 10.1. The number of pyridine rings is 2. The van der Waals surface area contributed by atoms with Gasteiger partial charge in [0.25, 0.3) is 0 Å². The third-order valence-corrected chi connectivity index (χ3v) is 6.72. The second-order valence-electron chi connectivity index (χ2n) is 9.74. The molecule has 0 spiro atoms. The number of nitrogens with two attached hydrogens (primary N) is 1. The van der Waals surface area contributed by atoms with Crippen LogP contribution in [-0.2, 0) is 28.4 Å². The maximum absolute atomic E-state index is 12.1. The van der Waals surface area contributed by atoms with Gasteiger partial charge in [-0.05, 0) is 36.4 Å². The Morgan fingerprint density at radius 3 is 2.09 bits per heavy atom. The number of ether oxygens (including phenoxy) is 6. The maximum Gasteiger partial charge on any atom is 0.337 e. The van der Waals surface area contributed by atoms with Crippen molar-refractivity contribution in [1.29, 1.82) is 0 Å². The molecular weight excluding hydrogens is 602 g/mol. The van der Waals surface area contributed by atoms with E-state index in [1.165, 1.54) is 7.11 Å². The van der Waals surface area contributed by atoms with E-state index in [0.717, 1.165) is 27.5 Å². The lowest BCUT2D eigenvalue weighted by Gasteiger charge is -2.14. The first-order chi connectivity index (χ1) is 22.1. The van der Waals surface area contributed by atoms with Gasteiger partial charge < -0.3 is 44.8 Å². The lowest BCUT2D eigenvalue weighted by molar-refractivity contribution is -0.00985. The van der Waals surface area contributed by atoms with Crippen LogP contribution in [0, 0.1) is 0 Å². The zero-order chi connectivity index (χ0) is 31.7. The summed E-state index contributed by atoms with van der Waals surface area (Å²) in [5, 5.41) is 9.95. The second-order valence-corrected chi connectivity index (χ2v) is 10.2. The molecule has 45 heavy (non-hydrogen) atoms. The Hall–Kier alpha value is -3.62. The van der Waals surface area contributed by atoms with E-state index in [-0.39, 0.29) is 0 Å². The molecule has 0 unspecified atom stereocenters. The number of rotatable bonds is 21. The molecule has 0 saturated carbocycles. The van der Waals surface area contributed by atoms with Gasteiger partial charge in [0.2, 0.25) is 0 Å². The average molecular weight is 642 g/mol. The summed E-state index contributed by atoms with van der Waals surface area (Å²) in [6.07, 6.45) is 3.50.